The lowest BCUT2D eigenvalue weighted by Crippen LogP contribution is -2.45. The van der Waals surface area contributed by atoms with Gasteiger partial charge in [0.2, 0.25) is 5.91 Å². The Balaban J connectivity index is 0.00000180. The molecule has 0 aliphatic heterocycles. The van der Waals surface area contributed by atoms with Gasteiger partial charge < -0.3 is 10.6 Å². The molecule has 1 aliphatic rings. The number of carbonyl (C=O) groups excluding carboxylic acids is 1. The fourth-order valence-corrected chi connectivity index (χ4v) is 2.62. The topological polar surface area (TPSA) is 54.0 Å². The molecule has 2 rings (SSSR count). The number of hydrogen-bond donors (Lipinski definition) is 2. The number of amides is 1. The maximum absolute atomic E-state index is 11.8. The summed E-state index contributed by atoms with van der Waals surface area (Å²) in [7, 11) is 0. The van der Waals surface area contributed by atoms with Gasteiger partial charge in [-0.2, -0.15) is 0 Å². The average Bonchev–Trinajstić information content (AvgIpc) is 2.98. The van der Waals surface area contributed by atoms with E-state index in [4.69, 9.17) is 0 Å². The Kier molecular flexibility index (Phi) is 8.03. The highest BCUT2D eigenvalue weighted by Gasteiger charge is 2.26. The molecule has 0 radical (unpaired) electrons. The number of aryl methyl sites for hydroxylation is 1. The van der Waals surface area contributed by atoms with E-state index in [1.54, 1.807) is 11.3 Å². The van der Waals surface area contributed by atoms with Crippen LogP contribution in [-0.2, 0) is 10.3 Å². The molecule has 20 heavy (non-hydrogen) atoms. The zero-order valence-corrected chi connectivity index (χ0v) is 14.5. The quantitative estimate of drug-likeness (QED) is 0.837. The first-order valence-electron chi connectivity index (χ1n) is 6.42. The molecule has 4 nitrogen and oxygen atoms in total. The van der Waals surface area contributed by atoms with Crippen LogP contribution in [0.5, 0.6) is 0 Å². The maximum atomic E-state index is 11.8. The van der Waals surface area contributed by atoms with Gasteiger partial charge >= 0.3 is 0 Å². The number of carbonyl (C=O) groups is 1. The summed E-state index contributed by atoms with van der Waals surface area (Å²) in [5.41, 5.74) is -0.392. The van der Waals surface area contributed by atoms with Crippen LogP contribution in [0.15, 0.2) is 6.20 Å². The van der Waals surface area contributed by atoms with Crippen molar-refractivity contribution in [2.24, 2.45) is 5.92 Å². The first kappa shape index (κ1) is 19.6. The molecule has 0 bridgehead atoms. The molecular formula is C13H23Cl2N3OS. The minimum absolute atomic E-state index is 0. The summed E-state index contributed by atoms with van der Waals surface area (Å²) in [5, 5.41) is 7.18. The molecule has 0 atom stereocenters. The second kappa shape index (κ2) is 8.17. The van der Waals surface area contributed by atoms with Gasteiger partial charge in [-0.1, -0.05) is 0 Å². The number of rotatable bonds is 6. The summed E-state index contributed by atoms with van der Waals surface area (Å²) in [6.07, 6.45) is 4.45. The molecule has 116 valence electrons. The molecule has 0 saturated heterocycles. The Hall–Kier alpha value is -0.360. The standard InChI is InChI=1S/C13H21N3OS.2ClH/c1-9-6-15-12(18-9)13(2,3)16-11(17)8-14-7-10-4-5-10;;/h6,10,14H,4-5,7-8H2,1-3H3,(H,16,17);2*1H. The van der Waals surface area contributed by atoms with Crippen LogP contribution < -0.4 is 10.6 Å². The van der Waals surface area contributed by atoms with Crippen molar-refractivity contribution < 1.29 is 4.79 Å². The summed E-state index contributed by atoms with van der Waals surface area (Å²) < 4.78 is 0. The number of nitrogens with zero attached hydrogens (tertiary/aromatic N) is 1. The van der Waals surface area contributed by atoms with Gasteiger partial charge in [0, 0.05) is 11.1 Å². The van der Waals surface area contributed by atoms with E-state index >= 15 is 0 Å². The van der Waals surface area contributed by atoms with E-state index in [-0.39, 0.29) is 30.7 Å². The Morgan fingerprint density at radius 3 is 2.60 bits per heavy atom. The summed E-state index contributed by atoms with van der Waals surface area (Å²) in [6.45, 7) is 7.36. The number of hydrogen-bond acceptors (Lipinski definition) is 4. The number of thiazole rings is 1. The van der Waals surface area contributed by atoms with Gasteiger partial charge in [0.05, 0.1) is 12.1 Å². The van der Waals surface area contributed by atoms with Crippen molar-refractivity contribution in [3.63, 3.8) is 0 Å². The molecule has 1 amide bonds. The minimum atomic E-state index is -0.392. The fourth-order valence-electron chi connectivity index (χ4n) is 1.80. The molecule has 1 aromatic heterocycles. The van der Waals surface area contributed by atoms with Gasteiger partial charge in [-0.25, -0.2) is 4.98 Å². The summed E-state index contributed by atoms with van der Waals surface area (Å²) in [6, 6.07) is 0. The predicted octanol–water partition coefficient (Wildman–Crippen LogP) is 2.65. The van der Waals surface area contributed by atoms with Crippen LogP contribution in [0, 0.1) is 12.8 Å². The summed E-state index contributed by atoms with van der Waals surface area (Å²) in [5.74, 6) is 0.834. The van der Waals surface area contributed by atoms with Crippen molar-refractivity contribution in [3.05, 3.63) is 16.1 Å². The van der Waals surface area contributed by atoms with Crippen molar-refractivity contribution in [2.75, 3.05) is 13.1 Å². The van der Waals surface area contributed by atoms with E-state index in [1.165, 1.54) is 17.7 Å². The van der Waals surface area contributed by atoms with Crippen molar-refractivity contribution in [3.8, 4) is 0 Å². The highest BCUT2D eigenvalue weighted by molar-refractivity contribution is 7.11. The average molecular weight is 340 g/mol. The van der Waals surface area contributed by atoms with Gasteiger partial charge in [-0.15, -0.1) is 36.2 Å². The van der Waals surface area contributed by atoms with Crippen LogP contribution in [0.2, 0.25) is 0 Å². The molecule has 7 heteroatoms. The molecule has 1 aliphatic carbocycles. The lowest BCUT2D eigenvalue weighted by Gasteiger charge is -2.24. The number of halogens is 2. The summed E-state index contributed by atoms with van der Waals surface area (Å²) >= 11 is 1.63. The molecule has 1 heterocycles. The molecular weight excluding hydrogens is 317 g/mol. The van der Waals surface area contributed by atoms with Crippen molar-refractivity contribution >= 4 is 42.1 Å². The van der Waals surface area contributed by atoms with E-state index in [2.05, 4.69) is 15.6 Å². The van der Waals surface area contributed by atoms with Crippen LogP contribution >= 0.6 is 36.2 Å². The van der Waals surface area contributed by atoms with Crippen LogP contribution in [-0.4, -0.2) is 24.0 Å². The molecule has 1 fully saturated rings. The lowest BCUT2D eigenvalue weighted by atomic mass is 10.1. The van der Waals surface area contributed by atoms with E-state index in [0.29, 0.717) is 6.54 Å². The zero-order valence-electron chi connectivity index (χ0n) is 12.1. The van der Waals surface area contributed by atoms with Crippen LogP contribution in [0.4, 0.5) is 0 Å². The Bertz CT molecular complexity index is 433. The van der Waals surface area contributed by atoms with Crippen LogP contribution in [0.1, 0.15) is 36.6 Å². The zero-order chi connectivity index (χ0) is 13.2. The van der Waals surface area contributed by atoms with Crippen molar-refractivity contribution in [1.29, 1.82) is 0 Å². The minimum Gasteiger partial charge on any atom is -0.344 e. The molecule has 1 saturated carbocycles. The van der Waals surface area contributed by atoms with E-state index in [9.17, 15) is 4.79 Å². The smallest absolute Gasteiger partial charge is 0.234 e. The molecule has 0 unspecified atom stereocenters. The second-order valence-electron chi connectivity index (χ2n) is 5.52. The number of aromatic nitrogens is 1. The van der Waals surface area contributed by atoms with E-state index in [1.807, 2.05) is 27.0 Å². The second-order valence-corrected chi connectivity index (χ2v) is 6.76. The Labute approximate surface area is 137 Å². The van der Waals surface area contributed by atoms with E-state index < -0.39 is 5.54 Å². The summed E-state index contributed by atoms with van der Waals surface area (Å²) in [4.78, 5) is 17.4. The predicted molar refractivity (Wildman–Crippen MR) is 88.1 cm³/mol. The third kappa shape index (κ3) is 5.95. The number of nitrogens with one attached hydrogen (secondary N) is 2. The van der Waals surface area contributed by atoms with Crippen LogP contribution in [0.25, 0.3) is 0 Å². The van der Waals surface area contributed by atoms with Gasteiger partial charge in [-0.3, -0.25) is 4.79 Å². The first-order valence-corrected chi connectivity index (χ1v) is 7.23. The highest BCUT2D eigenvalue weighted by Crippen LogP contribution is 2.27. The lowest BCUT2D eigenvalue weighted by molar-refractivity contribution is -0.121. The molecule has 2 N–H and O–H groups in total. The third-order valence-electron chi connectivity index (χ3n) is 3.02. The third-order valence-corrected chi connectivity index (χ3v) is 4.26. The molecule has 1 aromatic rings. The fraction of sp³-hybridized carbons (Fsp3) is 0.692. The van der Waals surface area contributed by atoms with Gasteiger partial charge in [0.15, 0.2) is 0 Å². The van der Waals surface area contributed by atoms with E-state index in [0.717, 1.165) is 17.5 Å². The van der Waals surface area contributed by atoms with Crippen LogP contribution in [0.3, 0.4) is 0 Å². The highest BCUT2D eigenvalue weighted by atomic mass is 35.5. The van der Waals surface area contributed by atoms with Crippen molar-refractivity contribution in [2.45, 2.75) is 39.2 Å². The van der Waals surface area contributed by atoms with Gasteiger partial charge in [0.1, 0.15) is 5.01 Å². The SMILES string of the molecule is Cc1cnc(C(C)(C)NC(=O)CNCC2CC2)s1.Cl.Cl. The monoisotopic (exact) mass is 339 g/mol. The maximum Gasteiger partial charge on any atom is 0.234 e. The normalized spacial score (nSPS) is 14.2. The first-order chi connectivity index (χ1) is 8.47. The molecule has 0 aromatic carbocycles. The van der Waals surface area contributed by atoms with Gasteiger partial charge in [0.25, 0.3) is 0 Å². The Morgan fingerprint density at radius 1 is 1.45 bits per heavy atom. The Morgan fingerprint density at radius 2 is 2.10 bits per heavy atom. The largest absolute Gasteiger partial charge is 0.344 e. The van der Waals surface area contributed by atoms with Gasteiger partial charge in [-0.05, 0) is 46.1 Å². The molecule has 0 spiro atoms. The van der Waals surface area contributed by atoms with Crippen molar-refractivity contribution in [1.82, 2.24) is 15.6 Å².